The fourth-order valence-electron chi connectivity index (χ4n) is 4.02. The second-order valence-electron chi connectivity index (χ2n) is 8.74. The van der Waals surface area contributed by atoms with E-state index in [1.807, 2.05) is 12.1 Å². The Hall–Kier alpha value is -2.70. The molecule has 1 aromatic carbocycles. The van der Waals surface area contributed by atoms with Gasteiger partial charge in [0.25, 0.3) is 0 Å². The Bertz CT molecular complexity index is 1070. The third-order valence-electron chi connectivity index (χ3n) is 6.31. The number of aliphatic hydroxyl groups excluding tert-OH is 1. The third-order valence-corrected chi connectivity index (χ3v) is 6.55. The van der Waals surface area contributed by atoms with Gasteiger partial charge in [0, 0.05) is 41.1 Å². The molecule has 0 spiro atoms. The van der Waals surface area contributed by atoms with Gasteiger partial charge in [-0.25, -0.2) is 4.39 Å². The monoisotopic (exact) mass is 469 g/mol. The molecule has 174 valence electrons. The van der Waals surface area contributed by atoms with E-state index in [9.17, 15) is 9.50 Å². The Morgan fingerprint density at radius 3 is 2.79 bits per heavy atom. The summed E-state index contributed by atoms with van der Waals surface area (Å²) in [7, 11) is 1.60. The number of nitrogens with zero attached hydrogens (tertiary/aromatic N) is 2. The standard InChI is InChI=1S/C26H29ClFN3O2/c1-16(33-15-17-10-21(32)11-17)24(14-26(29-2)22-12-19(27)6-7-23(22)28)31-20-8-9-30-25(13-20)18-4-3-5-18/h6-9,12-14,17-18,21,32H,1,3-5,10-11,15H2,2H3,(H,30,31)/b24-14+,29-26?. The van der Waals surface area contributed by atoms with Crippen molar-refractivity contribution in [3.63, 3.8) is 0 Å². The van der Waals surface area contributed by atoms with Crippen LogP contribution in [0.25, 0.3) is 0 Å². The molecular formula is C26H29ClFN3O2. The SMILES string of the molecule is C=C(OCC1CC(O)C1)/C(=C\C(=NC)c1cc(Cl)ccc1F)Nc1ccnc(C2CCC2)c1. The van der Waals surface area contributed by atoms with Gasteiger partial charge in [0.05, 0.1) is 24.1 Å². The van der Waals surface area contributed by atoms with E-state index in [-0.39, 0.29) is 6.10 Å². The predicted molar refractivity (Wildman–Crippen MR) is 130 cm³/mol. The zero-order valence-electron chi connectivity index (χ0n) is 18.7. The molecule has 2 fully saturated rings. The van der Waals surface area contributed by atoms with E-state index in [2.05, 4.69) is 21.9 Å². The van der Waals surface area contributed by atoms with Crippen LogP contribution in [0, 0.1) is 11.7 Å². The molecule has 2 aliphatic rings. The minimum atomic E-state index is -0.415. The minimum absolute atomic E-state index is 0.244. The lowest BCUT2D eigenvalue weighted by Crippen LogP contribution is -2.31. The number of hydrogen-bond donors (Lipinski definition) is 2. The van der Waals surface area contributed by atoms with Gasteiger partial charge in [0.2, 0.25) is 0 Å². The second-order valence-corrected chi connectivity index (χ2v) is 9.18. The van der Waals surface area contributed by atoms with Crippen LogP contribution < -0.4 is 5.32 Å². The molecule has 2 N–H and O–H groups in total. The normalized spacial score (nSPS) is 21.2. The molecule has 0 aliphatic heterocycles. The minimum Gasteiger partial charge on any atom is -0.492 e. The Labute approximate surface area is 199 Å². The average molecular weight is 470 g/mol. The van der Waals surface area contributed by atoms with Crippen molar-refractivity contribution in [3.05, 3.63) is 82.7 Å². The number of pyridine rings is 1. The second kappa shape index (κ2) is 10.5. The quantitative estimate of drug-likeness (QED) is 0.274. The van der Waals surface area contributed by atoms with Crippen LogP contribution in [0.2, 0.25) is 5.02 Å². The number of hydrogen-bond acceptors (Lipinski definition) is 5. The van der Waals surface area contributed by atoms with Crippen molar-refractivity contribution in [1.82, 2.24) is 4.98 Å². The summed E-state index contributed by atoms with van der Waals surface area (Å²) < 4.78 is 20.5. The molecule has 5 nitrogen and oxygen atoms in total. The van der Waals surface area contributed by atoms with E-state index in [1.165, 1.54) is 18.6 Å². The largest absolute Gasteiger partial charge is 0.492 e. The molecule has 2 aliphatic carbocycles. The lowest BCUT2D eigenvalue weighted by Gasteiger charge is -2.31. The van der Waals surface area contributed by atoms with Crippen LogP contribution >= 0.6 is 11.6 Å². The third kappa shape index (κ3) is 5.81. The number of aromatic nitrogens is 1. The van der Waals surface area contributed by atoms with Gasteiger partial charge >= 0.3 is 0 Å². The summed E-state index contributed by atoms with van der Waals surface area (Å²) in [5.41, 5.74) is 3.19. The van der Waals surface area contributed by atoms with Crippen molar-refractivity contribution in [2.45, 2.75) is 44.1 Å². The maximum atomic E-state index is 14.5. The van der Waals surface area contributed by atoms with Crippen molar-refractivity contribution in [2.24, 2.45) is 10.9 Å². The zero-order chi connectivity index (χ0) is 23.4. The van der Waals surface area contributed by atoms with E-state index in [0.29, 0.717) is 46.2 Å². The van der Waals surface area contributed by atoms with Gasteiger partial charge in [-0.3, -0.25) is 9.98 Å². The van der Waals surface area contributed by atoms with Crippen LogP contribution in [-0.4, -0.2) is 35.6 Å². The highest BCUT2D eigenvalue weighted by atomic mass is 35.5. The van der Waals surface area contributed by atoms with Crippen LogP contribution in [0.1, 0.15) is 49.3 Å². The average Bonchev–Trinajstić information content (AvgIpc) is 2.74. The Kier molecular flexibility index (Phi) is 7.46. The molecule has 1 aromatic heterocycles. The summed E-state index contributed by atoms with van der Waals surface area (Å²) in [4.78, 5) is 8.80. The molecule has 0 unspecified atom stereocenters. The molecule has 1 heterocycles. The summed E-state index contributed by atoms with van der Waals surface area (Å²) >= 11 is 6.10. The molecule has 4 rings (SSSR count). The highest BCUT2D eigenvalue weighted by Crippen LogP contribution is 2.36. The topological polar surface area (TPSA) is 66.7 Å². The number of halogens is 2. The molecule has 0 atom stereocenters. The van der Waals surface area contributed by atoms with Crippen LogP contribution in [0.15, 0.2) is 65.6 Å². The van der Waals surface area contributed by atoms with Gasteiger partial charge < -0.3 is 15.2 Å². The number of ether oxygens (including phenoxy) is 1. The van der Waals surface area contributed by atoms with Gasteiger partial charge in [-0.2, -0.15) is 0 Å². The molecule has 0 saturated heterocycles. The molecule has 0 amide bonds. The van der Waals surface area contributed by atoms with E-state index in [0.717, 1.165) is 37.1 Å². The maximum Gasteiger partial charge on any atom is 0.135 e. The fourth-order valence-corrected chi connectivity index (χ4v) is 4.19. The Morgan fingerprint density at radius 1 is 1.33 bits per heavy atom. The lowest BCUT2D eigenvalue weighted by molar-refractivity contribution is 0.00745. The van der Waals surface area contributed by atoms with Crippen molar-refractivity contribution in [2.75, 3.05) is 19.0 Å². The number of anilines is 1. The highest BCUT2D eigenvalue weighted by molar-refractivity contribution is 6.31. The first-order valence-electron chi connectivity index (χ1n) is 11.3. The molecule has 0 bridgehead atoms. The van der Waals surface area contributed by atoms with Crippen molar-refractivity contribution in [3.8, 4) is 0 Å². The first-order valence-corrected chi connectivity index (χ1v) is 11.7. The fraction of sp³-hybridized carbons (Fsp3) is 0.385. The van der Waals surface area contributed by atoms with E-state index < -0.39 is 5.82 Å². The van der Waals surface area contributed by atoms with Crippen LogP contribution in [-0.2, 0) is 4.74 Å². The number of aliphatic hydroxyl groups is 1. The maximum absolute atomic E-state index is 14.5. The van der Waals surface area contributed by atoms with Gasteiger partial charge in [-0.1, -0.05) is 24.6 Å². The predicted octanol–water partition coefficient (Wildman–Crippen LogP) is 5.86. The van der Waals surface area contributed by atoms with Crippen LogP contribution in [0.5, 0.6) is 0 Å². The Morgan fingerprint density at radius 2 is 2.12 bits per heavy atom. The summed E-state index contributed by atoms with van der Waals surface area (Å²) in [5, 5.41) is 13.3. The van der Waals surface area contributed by atoms with Crippen LogP contribution in [0.3, 0.4) is 0 Å². The van der Waals surface area contributed by atoms with E-state index in [4.69, 9.17) is 16.3 Å². The molecule has 33 heavy (non-hydrogen) atoms. The lowest BCUT2D eigenvalue weighted by atomic mass is 9.82. The molecule has 7 heteroatoms. The summed E-state index contributed by atoms with van der Waals surface area (Å²) in [6, 6.07) is 8.30. The van der Waals surface area contributed by atoms with Crippen LogP contribution in [0.4, 0.5) is 10.1 Å². The first-order chi connectivity index (χ1) is 15.9. The number of nitrogens with one attached hydrogen (secondary N) is 1. The molecule has 2 saturated carbocycles. The molecular weight excluding hydrogens is 441 g/mol. The van der Waals surface area contributed by atoms with Gasteiger partial charge in [-0.15, -0.1) is 0 Å². The summed E-state index contributed by atoms with van der Waals surface area (Å²) in [6.07, 6.45) is 8.26. The van der Waals surface area contributed by atoms with Gasteiger partial charge in [-0.05, 0) is 68.0 Å². The summed E-state index contributed by atoms with van der Waals surface area (Å²) in [5.74, 6) is 0.801. The first kappa shape index (κ1) is 23.5. The molecule has 0 radical (unpaired) electrons. The van der Waals surface area contributed by atoms with Crippen molar-refractivity contribution in [1.29, 1.82) is 0 Å². The molecule has 2 aromatic rings. The number of rotatable bonds is 9. The van der Waals surface area contributed by atoms with E-state index >= 15 is 0 Å². The van der Waals surface area contributed by atoms with Gasteiger partial charge in [0.15, 0.2) is 0 Å². The van der Waals surface area contributed by atoms with E-state index in [1.54, 1.807) is 25.4 Å². The smallest absolute Gasteiger partial charge is 0.135 e. The van der Waals surface area contributed by atoms with Crippen molar-refractivity contribution < 1.29 is 14.2 Å². The number of benzene rings is 1. The summed E-state index contributed by atoms with van der Waals surface area (Å²) in [6.45, 7) is 4.56. The Balaban J connectivity index is 1.60. The number of aliphatic imine (C=N–C) groups is 1. The number of allylic oxidation sites excluding steroid dienone is 1. The highest BCUT2D eigenvalue weighted by Gasteiger charge is 2.28. The van der Waals surface area contributed by atoms with Gasteiger partial charge in [0.1, 0.15) is 11.6 Å². The zero-order valence-corrected chi connectivity index (χ0v) is 19.5. The van der Waals surface area contributed by atoms with Crippen molar-refractivity contribution >= 4 is 23.0 Å².